The molecule has 8 heteroatoms. The van der Waals surface area contributed by atoms with Crippen molar-refractivity contribution in [1.29, 1.82) is 0 Å². The van der Waals surface area contributed by atoms with Crippen LogP contribution in [0, 0.1) is 11.7 Å². The molecule has 0 spiro atoms. The molecule has 1 aliphatic carbocycles. The molecule has 130 valence electrons. The second-order valence-corrected chi connectivity index (χ2v) is 6.55. The largest absolute Gasteiger partial charge is 0.478 e. The summed E-state index contributed by atoms with van der Waals surface area (Å²) in [5, 5.41) is 13.3. The van der Waals surface area contributed by atoms with Crippen LogP contribution < -0.4 is 4.74 Å². The summed E-state index contributed by atoms with van der Waals surface area (Å²) in [6.07, 6.45) is 0.171. The number of aliphatic carboxylic acids is 1. The van der Waals surface area contributed by atoms with Crippen LogP contribution in [0.3, 0.4) is 0 Å². The first-order valence-corrected chi connectivity index (χ1v) is 8.50. The minimum atomic E-state index is -1.06. The standard InChI is InChI=1S/C16H17BrFNO5/c1-2-22-13-7-23-19-14(13)9-5-10(17)11(18)6-12(9)24-15(16(20)21)8-3-4-8/h5-6,8,13,15H,2-4,7H2,1H3,(H,20,21)/t13?,15-/m0/s1. The maximum atomic E-state index is 14.0. The van der Waals surface area contributed by atoms with E-state index >= 15 is 0 Å². The Morgan fingerprint density at radius 2 is 2.29 bits per heavy atom. The highest BCUT2D eigenvalue weighted by atomic mass is 79.9. The Balaban J connectivity index is 1.96. The highest BCUT2D eigenvalue weighted by molar-refractivity contribution is 9.10. The Hall–Kier alpha value is -1.67. The van der Waals surface area contributed by atoms with Gasteiger partial charge in [-0.25, -0.2) is 9.18 Å². The van der Waals surface area contributed by atoms with E-state index in [1.165, 1.54) is 12.1 Å². The molecule has 1 N–H and O–H groups in total. The lowest BCUT2D eigenvalue weighted by Crippen LogP contribution is -2.31. The molecule has 2 atom stereocenters. The van der Waals surface area contributed by atoms with E-state index in [4.69, 9.17) is 14.3 Å². The summed E-state index contributed by atoms with van der Waals surface area (Å²) in [6, 6.07) is 2.68. The van der Waals surface area contributed by atoms with Crippen LogP contribution in [0.15, 0.2) is 21.8 Å². The fraction of sp³-hybridized carbons (Fsp3) is 0.500. The molecule has 0 bridgehead atoms. The molecular weight excluding hydrogens is 385 g/mol. The number of carboxylic acids is 1. The summed E-state index contributed by atoms with van der Waals surface area (Å²) >= 11 is 3.14. The lowest BCUT2D eigenvalue weighted by atomic mass is 10.0. The van der Waals surface area contributed by atoms with Crippen molar-refractivity contribution in [2.45, 2.75) is 32.0 Å². The van der Waals surface area contributed by atoms with Gasteiger partial charge in [-0.1, -0.05) is 5.16 Å². The zero-order chi connectivity index (χ0) is 17.3. The van der Waals surface area contributed by atoms with Gasteiger partial charge in [0.15, 0.2) is 6.10 Å². The van der Waals surface area contributed by atoms with E-state index in [9.17, 15) is 14.3 Å². The zero-order valence-electron chi connectivity index (χ0n) is 13.0. The van der Waals surface area contributed by atoms with Gasteiger partial charge in [-0.3, -0.25) is 0 Å². The number of oxime groups is 1. The Morgan fingerprint density at radius 3 is 2.92 bits per heavy atom. The van der Waals surface area contributed by atoms with E-state index in [0.717, 1.165) is 12.8 Å². The number of nitrogens with zero attached hydrogens (tertiary/aromatic N) is 1. The van der Waals surface area contributed by atoms with Crippen LogP contribution in [0.25, 0.3) is 0 Å². The number of ether oxygens (including phenoxy) is 2. The number of carbonyl (C=O) groups is 1. The van der Waals surface area contributed by atoms with Crippen molar-refractivity contribution < 1.29 is 28.6 Å². The van der Waals surface area contributed by atoms with E-state index in [-0.39, 0.29) is 22.7 Å². The molecular formula is C16H17BrFNO5. The summed E-state index contributed by atoms with van der Waals surface area (Å²) in [5.41, 5.74) is 0.929. The van der Waals surface area contributed by atoms with Crippen LogP contribution in [-0.2, 0) is 14.4 Å². The third kappa shape index (κ3) is 3.54. The zero-order valence-corrected chi connectivity index (χ0v) is 14.6. The number of rotatable bonds is 7. The van der Waals surface area contributed by atoms with Crippen LogP contribution in [0.4, 0.5) is 4.39 Å². The Kier molecular flexibility index (Phi) is 5.05. The van der Waals surface area contributed by atoms with Gasteiger partial charge >= 0.3 is 5.97 Å². The van der Waals surface area contributed by atoms with Crippen molar-refractivity contribution in [3.05, 3.63) is 28.0 Å². The molecule has 2 aliphatic rings. The lowest BCUT2D eigenvalue weighted by molar-refractivity contribution is -0.146. The van der Waals surface area contributed by atoms with Crippen LogP contribution in [0.1, 0.15) is 25.3 Å². The van der Waals surface area contributed by atoms with Gasteiger partial charge in [0.25, 0.3) is 0 Å². The minimum Gasteiger partial charge on any atom is -0.478 e. The maximum Gasteiger partial charge on any atom is 0.345 e. The molecule has 1 unspecified atom stereocenters. The summed E-state index contributed by atoms with van der Waals surface area (Å²) in [5.74, 6) is -1.52. The second kappa shape index (κ2) is 7.06. The molecule has 0 aromatic heterocycles. The van der Waals surface area contributed by atoms with Gasteiger partial charge in [0, 0.05) is 24.2 Å². The molecule has 1 aromatic rings. The number of carboxylic acid groups (broad SMARTS) is 1. The predicted octanol–water partition coefficient (Wildman–Crippen LogP) is 2.97. The van der Waals surface area contributed by atoms with Crippen molar-refractivity contribution in [2.24, 2.45) is 11.1 Å². The number of benzene rings is 1. The fourth-order valence-electron chi connectivity index (χ4n) is 2.57. The average molecular weight is 402 g/mol. The number of hydrogen-bond donors (Lipinski definition) is 1. The first-order chi connectivity index (χ1) is 11.5. The summed E-state index contributed by atoms with van der Waals surface area (Å²) in [7, 11) is 0. The van der Waals surface area contributed by atoms with E-state index in [2.05, 4.69) is 21.1 Å². The fourth-order valence-corrected chi connectivity index (χ4v) is 2.92. The van der Waals surface area contributed by atoms with Crippen LogP contribution in [-0.4, -0.2) is 42.2 Å². The van der Waals surface area contributed by atoms with Crippen molar-refractivity contribution >= 4 is 27.6 Å². The molecule has 1 aliphatic heterocycles. The monoisotopic (exact) mass is 401 g/mol. The SMILES string of the molecule is CCOC1CON=C1c1cc(Br)c(F)cc1O[C@H](C(=O)O)C1CC1. The van der Waals surface area contributed by atoms with Crippen molar-refractivity contribution in [1.82, 2.24) is 0 Å². The topological polar surface area (TPSA) is 77.3 Å². The Morgan fingerprint density at radius 1 is 1.54 bits per heavy atom. The Bertz CT molecular complexity index is 677. The van der Waals surface area contributed by atoms with Crippen LogP contribution in [0.2, 0.25) is 0 Å². The van der Waals surface area contributed by atoms with Crippen LogP contribution in [0.5, 0.6) is 5.75 Å². The minimum absolute atomic E-state index is 0.0495. The highest BCUT2D eigenvalue weighted by Gasteiger charge is 2.39. The van der Waals surface area contributed by atoms with Crippen LogP contribution >= 0.6 is 15.9 Å². The lowest BCUT2D eigenvalue weighted by Gasteiger charge is -2.19. The van der Waals surface area contributed by atoms with E-state index in [1.54, 1.807) is 0 Å². The summed E-state index contributed by atoms with van der Waals surface area (Å²) in [4.78, 5) is 16.5. The average Bonchev–Trinajstić information content (AvgIpc) is 3.27. The smallest absolute Gasteiger partial charge is 0.345 e. The van der Waals surface area contributed by atoms with E-state index in [0.29, 0.717) is 17.9 Å². The molecule has 1 fully saturated rings. The van der Waals surface area contributed by atoms with Crippen molar-refractivity contribution in [3.63, 3.8) is 0 Å². The summed E-state index contributed by atoms with van der Waals surface area (Å²) in [6.45, 7) is 2.56. The summed E-state index contributed by atoms with van der Waals surface area (Å²) < 4.78 is 25.4. The Labute approximate surface area is 146 Å². The quantitative estimate of drug-likeness (QED) is 0.759. The van der Waals surface area contributed by atoms with Crippen molar-refractivity contribution in [3.8, 4) is 5.75 Å². The highest BCUT2D eigenvalue weighted by Crippen LogP contribution is 2.37. The van der Waals surface area contributed by atoms with Gasteiger partial charge in [-0.15, -0.1) is 0 Å². The van der Waals surface area contributed by atoms with Gasteiger partial charge in [0.05, 0.1) is 4.47 Å². The van der Waals surface area contributed by atoms with Gasteiger partial charge in [-0.2, -0.15) is 0 Å². The third-order valence-electron chi connectivity index (χ3n) is 3.91. The molecule has 1 aromatic carbocycles. The van der Waals surface area contributed by atoms with E-state index in [1.807, 2.05) is 6.92 Å². The predicted molar refractivity (Wildman–Crippen MR) is 86.8 cm³/mol. The molecule has 0 saturated heterocycles. The molecule has 0 radical (unpaired) electrons. The first-order valence-electron chi connectivity index (χ1n) is 7.71. The van der Waals surface area contributed by atoms with Gasteiger partial charge in [0.2, 0.25) is 0 Å². The van der Waals surface area contributed by atoms with E-state index < -0.39 is 24.0 Å². The molecule has 1 saturated carbocycles. The van der Waals surface area contributed by atoms with Crippen molar-refractivity contribution in [2.75, 3.05) is 13.2 Å². The van der Waals surface area contributed by atoms with Gasteiger partial charge < -0.3 is 19.4 Å². The van der Waals surface area contributed by atoms with Gasteiger partial charge in [-0.05, 0) is 41.8 Å². The molecule has 6 nitrogen and oxygen atoms in total. The number of halogens is 2. The molecule has 0 amide bonds. The number of hydrogen-bond acceptors (Lipinski definition) is 5. The van der Waals surface area contributed by atoms with Gasteiger partial charge in [0.1, 0.15) is 30.0 Å². The molecule has 1 heterocycles. The first kappa shape index (κ1) is 17.2. The molecule has 24 heavy (non-hydrogen) atoms. The third-order valence-corrected chi connectivity index (χ3v) is 4.52. The molecule has 3 rings (SSSR count). The maximum absolute atomic E-state index is 14.0. The second-order valence-electron chi connectivity index (χ2n) is 5.69. The normalized spacial score (nSPS) is 21.1.